The van der Waals surface area contributed by atoms with Gasteiger partial charge in [0.05, 0.1) is 13.2 Å². The van der Waals surface area contributed by atoms with E-state index in [4.69, 9.17) is 4.74 Å². The lowest BCUT2D eigenvalue weighted by atomic mass is 10.0. The summed E-state index contributed by atoms with van der Waals surface area (Å²) >= 11 is 0. The molecule has 2 heterocycles. The van der Waals surface area contributed by atoms with Crippen LogP contribution in [0.4, 0.5) is 16.4 Å². The van der Waals surface area contributed by atoms with Gasteiger partial charge in [-0.25, -0.2) is 14.8 Å². The van der Waals surface area contributed by atoms with Crippen LogP contribution in [0.2, 0.25) is 0 Å². The highest BCUT2D eigenvalue weighted by atomic mass is 16.5. The van der Waals surface area contributed by atoms with E-state index in [0.717, 1.165) is 49.4 Å². The highest BCUT2D eigenvalue weighted by Gasteiger charge is 2.27. The molecule has 0 radical (unpaired) electrons. The van der Waals surface area contributed by atoms with Crippen molar-refractivity contribution >= 4 is 17.7 Å². The standard InChI is InChI=1S/C20H27N5O2/c1-24(2)19-13-18(21-14-22-19)23-20(26)25-12-6-4-5-7-17(25)15-8-10-16(27-3)11-9-15/h8-11,13-14,17H,4-7,12H2,1-3H3,(H,21,22,23,26). The number of carbonyl (C=O) groups is 1. The predicted octanol–water partition coefficient (Wildman–Crippen LogP) is 3.70. The molecule has 0 saturated carbocycles. The van der Waals surface area contributed by atoms with Gasteiger partial charge in [-0.2, -0.15) is 0 Å². The summed E-state index contributed by atoms with van der Waals surface area (Å²) in [5, 5.41) is 2.94. The van der Waals surface area contributed by atoms with E-state index >= 15 is 0 Å². The molecule has 1 aromatic heterocycles. The third-order valence-electron chi connectivity index (χ3n) is 4.86. The number of urea groups is 1. The Hall–Kier alpha value is -2.83. The van der Waals surface area contributed by atoms with Crippen LogP contribution in [0.3, 0.4) is 0 Å². The molecular weight excluding hydrogens is 342 g/mol. The van der Waals surface area contributed by atoms with Crippen LogP contribution in [0.1, 0.15) is 37.3 Å². The number of aromatic nitrogens is 2. The number of methoxy groups -OCH3 is 1. The Balaban J connectivity index is 1.79. The van der Waals surface area contributed by atoms with Crippen LogP contribution in [0, 0.1) is 0 Å². The first-order valence-electron chi connectivity index (χ1n) is 9.29. The summed E-state index contributed by atoms with van der Waals surface area (Å²) in [6.45, 7) is 0.730. The molecule has 1 fully saturated rings. The highest BCUT2D eigenvalue weighted by Crippen LogP contribution is 2.31. The third-order valence-corrected chi connectivity index (χ3v) is 4.86. The van der Waals surface area contributed by atoms with E-state index in [1.807, 2.05) is 48.2 Å². The van der Waals surface area contributed by atoms with Crippen molar-refractivity contribution in [2.75, 3.05) is 38.0 Å². The fraction of sp³-hybridized carbons (Fsp3) is 0.450. The Morgan fingerprint density at radius 2 is 1.96 bits per heavy atom. The number of hydrogen-bond donors (Lipinski definition) is 1. The second-order valence-corrected chi connectivity index (χ2v) is 6.92. The summed E-state index contributed by atoms with van der Waals surface area (Å²) in [5.41, 5.74) is 1.13. The van der Waals surface area contributed by atoms with Crippen LogP contribution < -0.4 is 15.0 Å². The zero-order valence-corrected chi connectivity index (χ0v) is 16.2. The Labute approximate surface area is 160 Å². The first-order valence-corrected chi connectivity index (χ1v) is 9.29. The molecule has 2 aromatic rings. The quantitative estimate of drug-likeness (QED) is 0.890. The van der Waals surface area contributed by atoms with Crippen LogP contribution in [-0.4, -0.2) is 48.6 Å². The summed E-state index contributed by atoms with van der Waals surface area (Å²) in [4.78, 5) is 25.2. The van der Waals surface area contributed by atoms with Crippen molar-refractivity contribution in [1.82, 2.24) is 14.9 Å². The van der Waals surface area contributed by atoms with E-state index in [9.17, 15) is 4.79 Å². The first kappa shape index (κ1) is 18.9. The number of amides is 2. The summed E-state index contributed by atoms with van der Waals surface area (Å²) in [6, 6.07) is 9.69. The van der Waals surface area contributed by atoms with E-state index in [-0.39, 0.29) is 12.1 Å². The summed E-state index contributed by atoms with van der Waals surface area (Å²) < 4.78 is 5.25. The fourth-order valence-corrected chi connectivity index (χ4v) is 3.37. The highest BCUT2D eigenvalue weighted by molar-refractivity contribution is 5.89. The van der Waals surface area contributed by atoms with Crippen molar-refractivity contribution < 1.29 is 9.53 Å². The molecule has 144 valence electrons. The van der Waals surface area contributed by atoms with Gasteiger partial charge in [-0.3, -0.25) is 5.32 Å². The van der Waals surface area contributed by atoms with Crippen molar-refractivity contribution in [3.8, 4) is 5.75 Å². The molecule has 1 N–H and O–H groups in total. The van der Waals surface area contributed by atoms with Crippen molar-refractivity contribution in [1.29, 1.82) is 0 Å². The summed E-state index contributed by atoms with van der Waals surface area (Å²) in [5.74, 6) is 2.08. The Morgan fingerprint density at radius 3 is 2.67 bits per heavy atom. The first-order chi connectivity index (χ1) is 13.1. The fourth-order valence-electron chi connectivity index (χ4n) is 3.37. The lowest BCUT2D eigenvalue weighted by molar-refractivity contribution is 0.189. The maximum Gasteiger partial charge on any atom is 0.323 e. The van der Waals surface area contributed by atoms with Crippen molar-refractivity contribution in [2.45, 2.75) is 31.7 Å². The molecule has 3 rings (SSSR count). The molecule has 0 spiro atoms. The number of hydrogen-bond acceptors (Lipinski definition) is 5. The Bertz CT molecular complexity index is 763. The van der Waals surface area contributed by atoms with Gasteiger partial charge < -0.3 is 14.5 Å². The predicted molar refractivity (Wildman–Crippen MR) is 106 cm³/mol. The van der Waals surface area contributed by atoms with Gasteiger partial charge in [0.2, 0.25) is 0 Å². The number of likely N-dealkylation sites (tertiary alicyclic amines) is 1. The van der Waals surface area contributed by atoms with Gasteiger partial charge in [-0.1, -0.05) is 25.0 Å². The third kappa shape index (κ3) is 4.67. The average molecular weight is 369 g/mol. The molecule has 1 saturated heterocycles. The smallest absolute Gasteiger partial charge is 0.323 e. The van der Waals surface area contributed by atoms with Crippen LogP contribution in [0.5, 0.6) is 5.75 Å². The minimum atomic E-state index is -0.124. The largest absolute Gasteiger partial charge is 0.497 e. The number of anilines is 2. The summed E-state index contributed by atoms with van der Waals surface area (Å²) in [6.07, 6.45) is 5.67. The molecular formula is C20H27N5O2. The number of nitrogens with one attached hydrogen (secondary N) is 1. The number of nitrogens with zero attached hydrogens (tertiary/aromatic N) is 4. The molecule has 7 heteroatoms. The van der Waals surface area contributed by atoms with Gasteiger partial charge in [0, 0.05) is 26.7 Å². The minimum Gasteiger partial charge on any atom is -0.497 e. The SMILES string of the molecule is COc1ccc(C2CCCCCN2C(=O)Nc2cc(N(C)C)ncn2)cc1. The number of ether oxygens (including phenoxy) is 1. The van der Waals surface area contributed by atoms with E-state index in [2.05, 4.69) is 15.3 Å². The maximum absolute atomic E-state index is 13.0. The second-order valence-electron chi connectivity index (χ2n) is 6.92. The zero-order chi connectivity index (χ0) is 19.2. The maximum atomic E-state index is 13.0. The van der Waals surface area contributed by atoms with Gasteiger partial charge in [0.1, 0.15) is 23.7 Å². The second kappa shape index (κ2) is 8.70. The molecule has 1 aromatic carbocycles. The van der Waals surface area contributed by atoms with Gasteiger partial charge in [0.25, 0.3) is 0 Å². The zero-order valence-electron chi connectivity index (χ0n) is 16.2. The topological polar surface area (TPSA) is 70.6 Å². The van der Waals surface area contributed by atoms with Gasteiger partial charge in [-0.05, 0) is 30.5 Å². The molecule has 7 nitrogen and oxygen atoms in total. The van der Waals surface area contributed by atoms with Gasteiger partial charge >= 0.3 is 6.03 Å². The van der Waals surface area contributed by atoms with Gasteiger partial charge in [-0.15, -0.1) is 0 Å². The lowest BCUT2D eigenvalue weighted by Gasteiger charge is -2.30. The molecule has 0 aliphatic carbocycles. The van der Waals surface area contributed by atoms with Crippen molar-refractivity contribution in [3.05, 3.63) is 42.2 Å². The van der Waals surface area contributed by atoms with Gasteiger partial charge in [0.15, 0.2) is 0 Å². The minimum absolute atomic E-state index is 0.0496. The number of carbonyl (C=O) groups excluding carboxylic acids is 1. The summed E-state index contributed by atoms with van der Waals surface area (Å²) in [7, 11) is 5.47. The van der Waals surface area contributed by atoms with E-state index in [1.165, 1.54) is 6.33 Å². The Morgan fingerprint density at radius 1 is 1.19 bits per heavy atom. The lowest BCUT2D eigenvalue weighted by Crippen LogP contribution is -2.38. The molecule has 1 atom stereocenters. The van der Waals surface area contributed by atoms with Crippen LogP contribution in [0.15, 0.2) is 36.7 Å². The molecule has 1 unspecified atom stereocenters. The Kier molecular flexibility index (Phi) is 6.11. The molecule has 1 aliphatic heterocycles. The van der Waals surface area contributed by atoms with Crippen LogP contribution in [-0.2, 0) is 0 Å². The monoisotopic (exact) mass is 369 g/mol. The van der Waals surface area contributed by atoms with E-state index < -0.39 is 0 Å². The van der Waals surface area contributed by atoms with E-state index in [0.29, 0.717) is 5.82 Å². The van der Waals surface area contributed by atoms with E-state index in [1.54, 1.807) is 13.2 Å². The van der Waals surface area contributed by atoms with Crippen LogP contribution >= 0.6 is 0 Å². The molecule has 2 amide bonds. The van der Waals surface area contributed by atoms with Crippen LogP contribution in [0.25, 0.3) is 0 Å². The average Bonchev–Trinajstić information content (AvgIpc) is 2.94. The van der Waals surface area contributed by atoms with Crippen molar-refractivity contribution in [2.24, 2.45) is 0 Å². The molecule has 1 aliphatic rings. The normalized spacial score (nSPS) is 17.1. The molecule has 27 heavy (non-hydrogen) atoms. The number of benzene rings is 1. The van der Waals surface area contributed by atoms with Crippen molar-refractivity contribution in [3.63, 3.8) is 0 Å². The number of rotatable bonds is 4. The molecule has 0 bridgehead atoms.